The molecule has 19 heavy (non-hydrogen) atoms. The quantitative estimate of drug-likeness (QED) is 0.589. The van der Waals surface area contributed by atoms with E-state index in [-0.39, 0.29) is 0 Å². The van der Waals surface area contributed by atoms with E-state index in [9.17, 15) is 0 Å². The Balaban J connectivity index is 2.38. The van der Waals surface area contributed by atoms with Crippen LogP contribution >= 0.6 is 11.6 Å². The Kier molecular flexibility index (Phi) is 4.03. The lowest BCUT2D eigenvalue weighted by Gasteiger charge is -2.13. The van der Waals surface area contributed by atoms with Gasteiger partial charge in [-0.15, -0.1) is 0 Å². The molecule has 2 rings (SSSR count). The van der Waals surface area contributed by atoms with Gasteiger partial charge in [0.25, 0.3) is 0 Å². The van der Waals surface area contributed by atoms with Crippen LogP contribution in [0.1, 0.15) is 5.56 Å². The van der Waals surface area contributed by atoms with Gasteiger partial charge in [0, 0.05) is 10.6 Å². The van der Waals surface area contributed by atoms with Gasteiger partial charge < -0.3 is 15.5 Å². The number of nitrogens with two attached hydrogens (primary N) is 1. The first-order valence-corrected chi connectivity index (χ1v) is 5.92. The summed E-state index contributed by atoms with van der Waals surface area (Å²) in [6.45, 7) is 1.86. The number of nitrogens with one attached hydrogen (secondary N) is 2. The normalized spacial score (nSPS) is 10.1. The van der Waals surface area contributed by atoms with Gasteiger partial charge >= 0.3 is 0 Å². The number of nitrogen functional groups attached to an aromatic ring is 1. The zero-order valence-electron chi connectivity index (χ0n) is 10.6. The number of hydrazine groups is 1. The molecule has 1 aromatic carbocycles. The van der Waals surface area contributed by atoms with Crippen LogP contribution in [-0.2, 0) is 0 Å². The van der Waals surface area contributed by atoms with Gasteiger partial charge in [0.1, 0.15) is 23.7 Å². The molecule has 0 fully saturated rings. The zero-order valence-corrected chi connectivity index (χ0v) is 11.3. The van der Waals surface area contributed by atoms with Crippen LogP contribution in [0.2, 0.25) is 5.02 Å². The molecule has 0 atom stereocenters. The first kappa shape index (κ1) is 13.4. The van der Waals surface area contributed by atoms with E-state index in [2.05, 4.69) is 20.7 Å². The molecule has 0 aliphatic heterocycles. The van der Waals surface area contributed by atoms with Gasteiger partial charge in [0.2, 0.25) is 0 Å². The van der Waals surface area contributed by atoms with Crippen molar-refractivity contribution in [1.82, 2.24) is 9.97 Å². The number of rotatable bonds is 4. The third-order valence-electron chi connectivity index (χ3n) is 2.64. The van der Waals surface area contributed by atoms with Crippen molar-refractivity contribution in [2.45, 2.75) is 6.92 Å². The van der Waals surface area contributed by atoms with E-state index in [0.717, 1.165) is 11.3 Å². The molecule has 100 valence electrons. The van der Waals surface area contributed by atoms with Gasteiger partial charge in [-0.05, 0) is 25.1 Å². The second kappa shape index (κ2) is 5.73. The number of methoxy groups -OCH3 is 1. The maximum atomic E-state index is 5.98. The van der Waals surface area contributed by atoms with Crippen LogP contribution in [0.25, 0.3) is 0 Å². The number of hydrogen-bond donors (Lipinski definition) is 3. The van der Waals surface area contributed by atoms with Crippen LogP contribution in [-0.4, -0.2) is 17.1 Å². The molecule has 1 heterocycles. The summed E-state index contributed by atoms with van der Waals surface area (Å²) in [6.07, 6.45) is 1.42. The van der Waals surface area contributed by atoms with Crippen molar-refractivity contribution in [1.29, 1.82) is 0 Å². The highest BCUT2D eigenvalue weighted by Crippen LogP contribution is 2.31. The first-order chi connectivity index (χ1) is 9.15. The fraction of sp³-hybridized carbons (Fsp3) is 0.167. The summed E-state index contributed by atoms with van der Waals surface area (Å²) in [5.74, 6) is 7.23. The average molecular weight is 280 g/mol. The SMILES string of the molecule is COc1ccc(Cl)cc1Nc1ncnc(NN)c1C. The number of anilines is 3. The van der Waals surface area contributed by atoms with Crippen LogP contribution in [0, 0.1) is 6.92 Å². The lowest BCUT2D eigenvalue weighted by atomic mass is 10.2. The van der Waals surface area contributed by atoms with Gasteiger partial charge in [0.15, 0.2) is 0 Å². The van der Waals surface area contributed by atoms with Gasteiger partial charge in [0.05, 0.1) is 12.8 Å². The highest BCUT2D eigenvalue weighted by Gasteiger charge is 2.09. The summed E-state index contributed by atoms with van der Waals surface area (Å²) in [5, 5.41) is 3.76. The number of nitrogens with zero attached hydrogens (tertiary/aromatic N) is 2. The lowest BCUT2D eigenvalue weighted by Crippen LogP contribution is -2.11. The van der Waals surface area contributed by atoms with Crippen molar-refractivity contribution in [3.8, 4) is 5.75 Å². The monoisotopic (exact) mass is 279 g/mol. The Morgan fingerprint density at radius 1 is 1.26 bits per heavy atom. The number of aromatic nitrogens is 2. The largest absolute Gasteiger partial charge is 0.495 e. The van der Waals surface area contributed by atoms with E-state index in [1.807, 2.05) is 6.92 Å². The molecular formula is C12H14ClN5O. The van der Waals surface area contributed by atoms with Gasteiger partial charge in [-0.3, -0.25) is 0 Å². The molecular weight excluding hydrogens is 266 g/mol. The molecule has 0 amide bonds. The smallest absolute Gasteiger partial charge is 0.148 e. The number of benzene rings is 1. The summed E-state index contributed by atoms with van der Waals surface area (Å²) in [4.78, 5) is 8.19. The van der Waals surface area contributed by atoms with Crippen molar-refractivity contribution in [2.75, 3.05) is 17.9 Å². The van der Waals surface area contributed by atoms with Gasteiger partial charge in [-0.2, -0.15) is 0 Å². The Morgan fingerprint density at radius 3 is 2.68 bits per heavy atom. The van der Waals surface area contributed by atoms with Gasteiger partial charge in [-0.1, -0.05) is 11.6 Å². The number of ether oxygens (including phenoxy) is 1. The molecule has 0 saturated heterocycles. The van der Waals surface area contributed by atoms with Crippen LogP contribution in [0.3, 0.4) is 0 Å². The Labute approximate surface area is 115 Å². The standard InChI is InChI=1S/C12H14ClN5O/c1-7-11(15-6-16-12(7)18-14)17-9-5-8(13)3-4-10(9)19-2/h3-6H,14H2,1-2H3,(H2,15,16,17,18). The van der Waals surface area contributed by atoms with Crippen LogP contribution in [0.4, 0.5) is 17.3 Å². The van der Waals surface area contributed by atoms with E-state index in [1.165, 1.54) is 6.33 Å². The summed E-state index contributed by atoms with van der Waals surface area (Å²) >= 11 is 5.98. The molecule has 0 aliphatic carbocycles. The van der Waals surface area contributed by atoms with E-state index < -0.39 is 0 Å². The maximum Gasteiger partial charge on any atom is 0.148 e. The van der Waals surface area contributed by atoms with Crippen molar-refractivity contribution in [2.24, 2.45) is 5.84 Å². The van der Waals surface area contributed by atoms with E-state index in [0.29, 0.717) is 22.4 Å². The zero-order chi connectivity index (χ0) is 13.8. The fourth-order valence-electron chi connectivity index (χ4n) is 1.63. The molecule has 2 aromatic rings. The number of halogens is 1. The number of hydrogen-bond acceptors (Lipinski definition) is 6. The highest BCUT2D eigenvalue weighted by molar-refractivity contribution is 6.31. The van der Waals surface area contributed by atoms with E-state index in [1.54, 1.807) is 25.3 Å². The predicted molar refractivity (Wildman–Crippen MR) is 75.9 cm³/mol. The molecule has 0 radical (unpaired) electrons. The van der Waals surface area contributed by atoms with Crippen LogP contribution in [0.5, 0.6) is 5.75 Å². The fourth-order valence-corrected chi connectivity index (χ4v) is 1.80. The average Bonchev–Trinajstić information content (AvgIpc) is 2.41. The second-order valence-electron chi connectivity index (χ2n) is 3.81. The summed E-state index contributed by atoms with van der Waals surface area (Å²) in [7, 11) is 1.59. The minimum absolute atomic E-state index is 0.554. The molecule has 0 saturated carbocycles. The van der Waals surface area contributed by atoms with Gasteiger partial charge in [-0.25, -0.2) is 15.8 Å². The van der Waals surface area contributed by atoms with Crippen molar-refractivity contribution >= 4 is 28.9 Å². The molecule has 0 unspecified atom stereocenters. The summed E-state index contributed by atoms with van der Waals surface area (Å²) < 4.78 is 5.26. The van der Waals surface area contributed by atoms with Crippen LogP contribution < -0.4 is 21.3 Å². The van der Waals surface area contributed by atoms with Crippen molar-refractivity contribution in [3.63, 3.8) is 0 Å². The lowest BCUT2D eigenvalue weighted by molar-refractivity contribution is 0.417. The van der Waals surface area contributed by atoms with Crippen molar-refractivity contribution in [3.05, 3.63) is 35.1 Å². The molecule has 4 N–H and O–H groups in total. The molecule has 6 nitrogen and oxygen atoms in total. The minimum Gasteiger partial charge on any atom is -0.495 e. The van der Waals surface area contributed by atoms with Crippen LogP contribution in [0.15, 0.2) is 24.5 Å². The predicted octanol–water partition coefficient (Wildman–Crippen LogP) is 2.48. The van der Waals surface area contributed by atoms with E-state index in [4.69, 9.17) is 22.2 Å². The Hall–Kier alpha value is -2.05. The third kappa shape index (κ3) is 2.86. The molecule has 7 heteroatoms. The highest BCUT2D eigenvalue weighted by atomic mass is 35.5. The van der Waals surface area contributed by atoms with Crippen molar-refractivity contribution < 1.29 is 4.74 Å². The molecule has 0 spiro atoms. The topological polar surface area (TPSA) is 85.1 Å². The first-order valence-electron chi connectivity index (χ1n) is 5.54. The third-order valence-corrected chi connectivity index (χ3v) is 2.87. The minimum atomic E-state index is 0.554. The molecule has 0 bridgehead atoms. The molecule has 0 aliphatic rings. The Morgan fingerprint density at radius 2 is 2.00 bits per heavy atom. The Bertz CT molecular complexity index is 590. The summed E-state index contributed by atoms with van der Waals surface area (Å²) in [5.41, 5.74) is 4.03. The second-order valence-corrected chi connectivity index (χ2v) is 4.25. The molecule has 1 aromatic heterocycles. The summed E-state index contributed by atoms with van der Waals surface area (Å²) in [6, 6.07) is 5.30. The van der Waals surface area contributed by atoms with E-state index >= 15 is 0 Å². The maximum absolute atomic E-state index is 5.98.